The Morgan fingerprint density at radius 2 is 1.71 bits per heavy atom. The molecule has 0 spiro atoms. The van der Waals surface area contributed by atoms with Gasteiger partial charge in [-0.25, -0.2) is 0 Å². The van der Waals surface area contributed by atoms with Gasteiger partial charge in [0.05, 0.1) is 25.8 Å². The first-order chi connectivity index (χ1) is 11.6. The molecule has 0 bridgehead atoms. The second-order valence-electron chi connectivity index (χ2n) is 5.56. The fourth-order valence-electron chi connectivity index (χ4n) is 3.20. The quantitative estimate of drug-likeness (QED) is 0.736. The van der Waals surface area contributed by atoms with Crippen molar-refractivity contribution in [3.8, 4) is 17.2 Å². The van der Waals surface area contributed by atoms with Crippen LogP contribution in [0.3, 0.4) is 0 Å². The molecule has 0 saturated carbocycles. The predicted octanol–water partition coefficient (Wildman–Crippen LogP) is 4.47. The van der Waals surface area contributed by atoms with Crippen LogP contribution in [-0.2, 0) is 6.54 Å². The number of hydrogen-bond donors (Lipinski definition) is 1. The van der Waals surface area contributed by atoms with E-state index in [4.69, 9.17) is 14.2 Å². The number of ether oxygens (including phenoxy) is 3. The van der Waals surface area contributed by atoms with Crippen molar-refractivity contribution in [2.45, 2.75) is 12.5 Å². The van der Waals surface area contributed by atoms with E-state index >= 15 is 0 Å². The molecule has 4 nitrogen and oxygen atoms in total. The van der Waals surface area contributed by atoms with E-state index in [1.165, 1.54) is 16.7 Å². The molecule has 6 heteroatoms. The van der Waals surface area contributed by atoms with Crippen molar-refractivity contribution >= 4 is 31.9 Å². The smallest absolute Gasteiger partial charge is 0.164 e. The lowest BCUT2D eigenvalue weighted by molar-refractivity contribution is 0.347. The monoisotopic (exact) mass is 455 g/mol. The molecule has 3 rings (SSSR count). The Labute approximate surface area is 158 Å². The van der Waals surface area contributed by atoms with Crippen molar-refractivity contribution in [2.75, 3.05) is 27.9 Å². The Hall–Kier alpha value is -1.24. The maximum absolute atomic E-state index is 5.71. The van der Waals surface area contributed by atoms with Gasteiger partial charge in [0.2, 0.25) is 0 Å². The first kappa shape index (κ1) is 17.6. The van der Waals surface area contributed by atoms with E-state index in [9.17, 15) is 0 Å². The van der Waals surface area contributed by atoms with Gasteiger partial charge < -0.3 is 19.5 Å². The number of hydrogen-bond acceptors (Lipinski definition) is 4. The minimum atomic E-state index is 0.164. The van der Waals surface area contributed by atoms with Crippen LogP contribution >= 0.6 is 31.9 Å². The number of fused-ring (bicyclic) bond motifs is 1. The molecule has 1 N–H and O–H groups in total. The summed E-state index contributed by atoms with van der Waals surface area (Å²) in [4.78, 5) is 0. The molecule has 0 saturated heterocycles. The van der Waals surface area contributed by atoms with Gasteiger partial charge in [0.25, 0.3) is 0 Å². The van der Waals surface area contributed by atoms with Crippen LogP contribution in [0.2, 0.25) is 0 Å². The molecule has 1 atom stereocenters. The SMILES string of the molecule is COc1ccc(C2CNCc3c(Br)cc(OC)c(OC)c32)cc1Br. The number of halogens is 2. The minimum Gasteiger partial charge on any atom is -0.496 e. The first-order valence-corrected chi connectivity index (χ1v) is 9.16. The molecule has 0 aliphatic carbocycles. The van der Waals surface area contributed by atoms with E-state index in [-0.39, 0.29) is 5.92 Å². The average molecular weight is 457 g/mol. The van der Waals surface area contributed by atoms with Crippen LogP contribution in [0.1, 0.15) is 22.6 Å². The summed E-state index contributed by atoms with van der Waals surface area (Å²) in [6, 6.07) is 8.14. The van der Waals surface area contributed by atoms with Gasteiger partial charge in [0, 0.05) is 29.0 Å². The fourth-order valence-corrected chi connectivity index (χ4v) is 4.32. The summed E-state index contributed by atoms with van der Waals surface area (Å²) in [5.41, 5.74) is 3.56. The van der Waals surface area contributed by atoms with E-state index in [1.807, 2.05) is 12.1 Å². The minimum absolute atomic E-state index is 0.164. The number of nitrogens with one attached hydrogen (secondary N) is 1. The van der Waals surface area contributed by atoms with Gasteiger partial charge in [-0.3, -0.25) is 0 Å². The van der Waals surface area contributed by atoms with Gasteiger partial charge >= 0.3 is 0 Å². The van der Waals surface area contributed by atoms with Crippen molar-refractivity contribution in [1.29, 1.82) is 0 Å². The van der Waals surface area contributed by atoms with E-state index in [0.717, 1.165) is 39.3 Å². The van der Waals surface area contributed by atoms with Crippen molar-refractivity contribution in [1.82, 2.24) is 5.32 Å². The maximum atomic E-state index is 5.71. The van der Waals surface area contributed by atoms with Crippen LogP contribution in [-0.4, -0.2) is 27.9 Å². The second kappa shape index (κ2) is 7.33. The van der Waals surface area contributed by atoms with Crippen LogP contribution < -0.4 is 19.5 Å². The Balaban J connectivity index is 2.17. The lowest BCUT2D eigenvalue weighted by Crippen LogP contribution is -2.29. The molecular formula is C18H19Br2NO3. The largest absolute Gasteiger partial charge is 0.496 e. The summed E-state index contributed by atoms with van der Waals surface area (Å²) in [5, 5.41) is 3.49. The third-order valence-corrected chi connectivity index (χ3v) is 5.67. The molecule has 0 fully saturated rings. The second-order valence-corrected chi connectivity index (χ2v) is 7.27. The molecular weight excluding hydrogens is 438 g/mol. The van der Waals surface area contributed by atoms with Crippen molar-refractivity contribution in [3.63, 3.8) is 0 Å². The van der Waals surface area contributed by atoms with E-state index in [1.54, 1.807) is 21.3 Å². The molecule has 0 radical (unpaired) electrons. The standard InChI is InChI=1S/C18H19Br2NO3/c1-22-15-5-4-10(6-14(15)20)11-8-21-9-12-13(19)7-16(23-2)18(24-3)17(11)12/h4-7,11,21H,8-9H2,1-3H3. The van der Waals surface area contributed by atoms with Gasteiger partial charge in [-0.15, -0.1) is 0 Å². The molecule has 1 heterocycles. The van der Waals surface area contributed by atoms with Crippen LogP contribution in [0.25, 0.3) is 0 Å². The van der Waals surface area contributed by atoms with Crippen molar-refractivity contribution in [3.05, 3.63) is 49.9 Å². The molecule has 1 unspecified atom stereocenters. The summed E-state index contributed by atoms with van der Waals surface area (Å²) >= 11 is 7.25. The van der Waals surface area contributed by atoms with Gasteiger partial charge in [0.15, 0.2) is 11.5 Å². The number of methoxy groups -OCH3 is 3. The highest BCUT2D eigenvalue weighted by molar-refractivity contribution is 9.10. The summed E-state index contributed by atoms with van der Waals surface area (Å²) in [6.45, 7) is 1.63. The lowest BCUT2D eigenvalue weighted by atomic mass is 9.84. The molecule has 0 aromatic heterocycles. The molecule has 24 heavy (non-hydrogen) atoms. The third kappa shape index (κ3) is 3.03. The number of benzene rings is 2. The molecule has 1 aliphatic rings. The van der Waals surface area contributed by atoms with Gasteiger partial charge in [-0.1, -0.05) is 22.0 Å². The van der Waals surface area contributed by atoms with Crippen molar-refractivity contribution in [2.24, 2.45) is 0 Å². The zero-order valence-electron chi connectivity index (χ0n) is 13.8. The Morgan fingerprint density at radius 3 is 2.33 bits per heavy atom. The predicted molar refractivity (Wildman–Crippen MR) is 101 cm³/mol. The lowest BCUT2D eigenvalue weighted by Gasteiger charge is -2.30. The molecule has 1 aliphatic heterocycles. The Kier molecular flexibility index (Phi) is 5.37. The van der Waals surface area contributed by atoms with Crippen LogP contribution in [0.15, 0.2) is 33.2 Å². The average Bonchev–Trinajstić information content (AvgIpc) is 2.61. The highest BCUT2D eigenvalue weighted by Crippen LogP contribution is 2.46. The molecule has 128 valence electrons. The summed E-state index contributed by atoms with van der Waals surface area (Å²) in [7, 11) is 5.02. The Morgan fingerprint density at radius 1 is 0.958 bits per heavy atom. The van der Waals surface area contributed by atoms with Crippen LogP contribution in [0.4, 0.5) is 0 Å². The van der Waals surface area contributed by atoms with Gasteiger partial charge in [0.1, 0.15) is 5.75 Å². The molecule has 0 amide bonds. The summed E-state index contributed by atoms with van der Waals surface area (Å²) in [5.74, 6) is 2.52. The van der Waals surface area contributed by atoms with E-state index in [0.29, 0.717) is 0 Å². The fraction of sp³-hybridized carbons (Fsp3) is 0.333. The van der Waals surface area contributed by atoms with Crippen LogP contribution in [0, 0.1) is 0 Å². The summed E-state index contributed by atoms with van der Waals surface area (Å²) < 4.78 is 18.5. The van der Waals surface area contributed by atoms with Gasteiger partial charge in [-0.05, 0) is 45.3 Å². The highest BCUT2D eigenvalue weighted by Gasteiger charge is 2.29. The zero-order chi connectivity index (χ0) is 17.3. The number of rotatable bonds is 4. The van der Waals surface area contributed by atoms with Crippen molar-refractivity contribution < 1.29 is 14.2 Å². The first-order valence-electron chi connectivity index (χ1n) is 7.58. The maximum Gasteiger partial charge on any atom is 0.164 e. The zero-order valence-corrected chi connectivity index (χ0v) is 17.0. The van der Waals surface area contributed by atoms with Gasteiger partial charge in [-0.2, -0.15) is 0 Å². The topological polar surface area (TPSA) is 39.7 Å². The van der Waals surface area contributed by atoms with E-state index in [2.05, 4.69) is 49.3 Å². The van der Waals surface area contributed by atoms with Crippen LogP contribution in [0.5, 0.6) is 17.2 Å². The summed E-state index contributed by atoms with van der Waals surface area (Å²) in [6.07, 6.45) is 0. The molecule has 2 aromatic rings. The normalized spacial score (nSPS) is 16.5. The third-order valence-electron chi connectivity index (χ3n) is 4.34. The van der Waals surface area contributed by atoms with E-state index < -0.39 is 0 Å². The molecule has 2 aromatic carbocycles. The highest BCUT2D eigenvalue weighted by atomic mass is 79.9. The Bertz CT molecular complexity index is 764.